The van der Waals surface area contributed by atoms with Crippen LogP contribution < -0.4 is 5.56 Å². The second kappa shape index (κ2) is 8.94. The average molecular weight is 462 g/mol. The highest BCUT2D eigenvalue weighted by atomic mass is 35.5. The third-order valence-corrected chi connectivity index (χ3v) is 6.63. The third-order valence-electron chi connectivity index (χ3n) is 6.40. The van der Waals surface area contributed by atoms with Crippen molar-refractivity contribution in [1.82, 2.24) is 14.5 Å². The van der Waals surface area contributed by atoms with Crippen LogP contribution in [0, 0.1) is 0 Å². The summed E-state index contributed by atoms with van der Waals surface area (Å²) in [6, 6.07) is 13.5. The van der Waals surface area contributed by atoms with Gasteiger partial charge < -0.3 is 4.74 Å². The summed E-state index contributed by atoms with van der Waals surface area (Å²) >= 11 is 5.95. The Morgan fingerprint density at radius 1 is 1.09 bits per heavy atom. The summed E-state index contributed by atoms with van der Waals surface area (Å²) in [5.74, 6) is -0.321. The molecule has 1 fully saturated rings. The van der Waals surface area contributed by atoms with Gasteiger partial charge in [0.2, 0.25) is 0 Å². The van der Waals surface area contributed by atoms with Crippen molar-refractivity contribution in [3.63, 3.8) is 0 Å². The molecule has 4 aromatic rings. The molecule has 0 bridgehead atoms. The minimum absolute atomic E-state index is 0.106. The second-order valence-corrected chi connectivity index (χ2v) is 8.99. The van der Waals surface area contributed by atoms with Gasteiger partial charge in [0.25, 0.3) is 5.56 Å². The standard InChI is InChI=1S/C26H24ClN3O3/c1-16(31)33-23-9-5-4-8-22(23)30-15-29-25-20-7-3-2-6-19(20)18(13-21(25)26(30)32)12-17-10-11-24(27)28-14-17/h2-3,6-7,10-11,13-15,22-23H,4-5,8-9,12H2,1H3/t22-,23-/m1/s1. The zero-order valence-electron chi connectivity index (χ0n) is 18.3. The molecule has 2 aromatic carbocycles. The number of hydrogen-bond donors (Lipinski definition) is 0. The van der Waals surface area contributed by atoms with E-state index in [1.165, 1.54) is 6.92 Å². The Labute approximate surface area is 196 Å². The van der Waals surface area contributed by atoms with E-state index in [9.17, 15) is 9.59 Å². The molecule has 2 atom stereocenters. The van der Waals surface area contributed by atoms with Gasteiger partial charge in [0.1, 0.15) is 11.3 Å². The molecular formula is C26H24ClN3O3. The number of benzene rings is 2. The fourth-order valence-electron chi connectivity index (χ4n) is 4.91. The number of hydrogen-bond acceptors (Lipinski definition) is 5. The first-order valence-corrected chi connectivity index (χ1v) is 11.6. The molecule has 2 heterocycles. The monoisotopic (exact) mass is 461 g/mol. The van der Waals surface area contributed by atoms with Crippen molar-refractivity contribution in [2.24, 2.45) is 0 Å². The summed E-state index contributed by atoms with van der Waals surface area (Å²) in [6.45, 7) is 1.41. The molecular weight excluding hydrogens is 438 g/mol. The predicted molar refractivity (Wildman–Crippen MR) is 129 cm³/mol. The highest BCUT2D eigenvalue weighted by Gasteiger charge is 2.30. The van der Waals surface area contributed by atoms with Crippen LogP contribution in [0.1, 0.15) is 49.8 Å². The Hall–Kier alpha value is -3.25. The topological polar surface area (TPSA) is 74.1 Å². The number of carbonyl (C=O) groups excluding carboxylic acids is 1. The molecule has 168 valence electrons. The lowest BCUT2D eigenvalue weighted by Gasteiger charge is -2.32. The zero-order valence-corrected chi connectivity index (χ0v) is 19.1. The number of aromatic nitrogens is 3. The molecule has 0 radical (unpaired) electrons. The van der Waals surface area contributed by atoms with Crippen molar-refractivity contribution in [3.8, 4) is 0 Å². The maximum Gasteiger partial charge on any atom is 0.302 e. The second-order valence-electron chi connectivity index (χ2n) is 8.60. The number of pyridine rings is 1. The molecule has 0 N–H and O–H groups in total. The largest absolute Gasteiger partial charge is 0.460 e. The Kier molecular flexibility index (Phi) is 5.85. The van der Waals surface area contributed by atoms with Crippen LogP contribution in [0.2, 0.25) is 5.15 Å². The smallest absolute Gasteiger partial charge is 0.302 e. The summed E-state index contributed by atoms with van der Waals surface area (Å²) in [6.07, 6.45) is 7.18. The molecule has 1 aliphatic rings. The van der Waals surface area contributed by atoms with Crippen molar-refractivity contribution in [1.29, 1.82) is 0 Å². The van der Waals surface area contributed by atoms with Crippen LogP contribution in [0.5, 0.6) is 0 Å². The molecule has 1 saturated carbocycles. The quantitative estimate of drug-likeness (QED) is 0.236. The first-order valence-electron chi connectivity index (χ1n) is 11.2. The maximum atomic E-state index is 13.7. The van der Waals surface area contributed by atoms with Crippen molar-refractivity contribution in [3.05, 3.63) is 81.6 Å². The summed E-state index contributed by atoms with van der Waals surface area (Å²) < 4.78 is 7.23. The van der Waals surface area contributed by atoms with Crippen molar-refractivity contribution >= 4 is 39.2 Å². The van der Waals surface area contributed by atoms with E-state index < -0.39 is 0 Å². The lowest BCUT2D eigenvalue weighted by Crippen LogP contribution is -2.37. The fraction of sp³-hybridized carbons (Fsp3) is 0.308. The van der Waals surface area contributed by atoms with Crippen LogP contribution >= 0.6 is 11.6 Å². The van der Waals surface area contributed by atoms with Gasteiger partial charge in [-0.3, -0.25) is 14.2 Å². The van der Waals surface area contributed by atoms with Gasteiger partial charge in [-0.1, -0.05) is 48.4 Å². The molecule has 5 rings (SSSR count). The average Bonchev–Trinajstić information content (AvgIpc) is 2.81. The van der Waals surface area contributed by atoms with E-state index in [0.717, 1.165) is 47.6 Å². The number of fused-ring (bicyclic) bond motifs is 3. The van der Waals surface area contributed by atoms with Crippen LogP contribution in [-0.2, 0) is 16.0 Å². The third kappa shape index (κ3) is 4.23. The summed E-state index contributed by atoms with van der Waals surface area (Å²) in [5.41, 5.74) is 2.62. The number of carbonyl (C=O) groups is 1. The van der Waals surface area contributed by atoms with E-state index >= 15 is 0 Å². The summed E-state index contributed by atoms with van der Waals surface area (Å²) in [4.78, 5) is 34.2. The number of halogens is 1. The van der Waals surface area contributed by atoms with Crippen LogP contribution in [0.3, 0.4) is 0 Å². The van der Waals surface area contributed by atoms with E-state index in [0.29, 0.717) is 22.5 Å². The van der Waals surface area contributed by atoms with E-state index in [1.54, 1.807) is 23.2 Å². The summed E-state index contributed by atoms with van der Waals surface area (Å²) in [5, 5.41) is 3.01. The lowest BCUT2D eigenvalue weighted by molar-refractivity contribution is -0.150. The SMILES string of the molecule is CC(=O)O[C@@H]1CCCC[C@H]1n1cnc2c(cc(Cc3ccc(Cl)nc3)c3ccccc32)c1=O. The summed E-state index contributed by atoms with van der Waals surface area (Å²) in [7, 11) is 0. The Morgan fingerprint density at radius 2 is 1.88 bits per heavy atom. The predicted octanol–water partition coefficient (Wildman–Crippen LogP) is 5.24. The first kappa shape index (κ1) is 21.6. The number of esters is 1. The number of ether oxygens (including phenoxy) is 1. The fourth-order valence-corrected chi connectivity index (χ4v) is 5.02. The van der Waals surface area contributed by atoms with Gasteiger partial charge in [0.05, 0.1) is 23.3 Å². The lowest BCUT2D eigenvalue weighted by atomic mass is 9.91. The molecule has 0 aliphatic heterocycles. The Balaban J connectivity index is 1.66. The van der Waals surface area contributed by atoms with Crippen LogP contribution in [0.4, 0.5) is 0 Å². The van der Waals surface area contributed by atoms with Gasteiger partial charge in [-0.25, -0.2) is 9.97 Å². The molecule has 2 aromatic heterocycles. The Bertz CT molecular complexity index is 1400. The van der Waals surface area contributed by atoms with Gasteiger partial charge in [0.15, 0.2) is 0 Å². The first-order chi connectivity index (χ1) is 16.0. The minimum atomic E-state index is -0.321. The van der Waals surface area contributed by atoms with E-state index in [1.807, 2.05) is 30.3 Å². The Morgan fingerprint density at radius 3 is 2.64 bits per heavy atom. The van der Waals surface area contributed by atoms with Gasteiger partial charge in [-0.15, -0.1) is 0 Å². The van der Waals surface area contributed by atoms with Crippen molar-refractivity contribution in [2.45, 2.75) is 51.2 Å². The molecule has 33 heavy (non-hydrogen) atoms. The minimum Gasteiger partial charge on any atom is -0.460 e. The van der Waals surface area contributed by atoms with Crippen molar-refractivity contribution < 1.29 is 9.53 Å². The number of nitrogens with zero attached hydrogens (tertiary/aromatic N) is 3. The van der Waals surface area contributed by atoms with Crippen LogP contribution in [-0.4, -0.2) is 26.6 Å². The molecule has 7 heteroatoms. The van der Waals surface area contributed by atoms with E-state index in [4.69, 9.17) is 21.3 Å². The molecule has 0 spiro atoms. The highest BCUT2D eigenvalue weighted by Crippen LogP contribution is 2.32. The molecule has 1 aliphatic carbocycles. The van der Waals surface area contributed by atoms with Gasteiger partial charge in [-0.2, -0.15) is 0 Å². The molecule has 0 amide bonds. The number of rotatable bonds is 4. The van der Waals surface area contributed by atoms with E-state index in [2.05, 4.69) is 11.1 Å². The van der Waals surface area contributed by atoms with Gasteiger partial charge in [0, 0.05) is 18.5 Å². The maximum absolute atomic E-state index is 13.7. The molecule has 6 nitrogen and oxygen atoms in total. The van der Waals surface area contributed by atoms with Gasteiger partial charge in [-0.05, 0) is 54.3 Å². The zero-order chi connectivity index (χ0) is 22.9. The van der Waals surface area contributed by atoms with Crippen molar-refractivity contribution in [2.75, 3.05) is 0 Å². The molecule has 0 saturated heterocycles. The normalized spacial score (nSPS) is 18.5. The highest BCUT2D eigenvalue weighted by molar-refractivity contribution is 6.29. The molecule has 0 unspecified atom stereocenters. The van der Waals surface area contributed by atoms with Crippen LogP contribution in [0.15, 0.2) is 59.8 Å². The van der Waals surface area contributed by atoms with Gasteiger partial charge >= 0.3 is 5.97 Å². The van der Waals surface area contributed by atoms with E-state index in [-0.39, 0.29) is 23.7 Å². The van der Waals surface area contributed by atoms with Crippen LogP contribution in [0.25, 0.3) is 21.7 Å².